The number of fused-ring (bicyclic) bond motifs is 1. The van der Waals surface area contributed by atoms with Gasteiger partial charge in [0.1, 0.15) is 23.3 Å². The normalized spacial score (nSPS) is 14.2. The van der Waals surface area contributed by atoms with Gasteiger partial charge in [-0.05, 0) is 12.1 Å². The van der Waals surface area contributed by atoms with Crippen LogP contribution in [-0.4, -0.2) is 52.1 Å². The van der Waals surface area contributed by atoms with Gasteiger partial charge in [-0.25, -0.2) is 4.98 Å². The van der Waals surface area contributed by atoms with Crippen LogP contribution in [0.4, 0.5) is 10.8 Å². The number of carbonyl (C=O) groups is 1. The lowest BCUT2D eigenvalue weighted by molar-refractivity contribution is -0.116. The number of ether oxygens (including phenoxy) is 1. The van der Waals surface area contributed by atoms with Gasteiger partial charge in [0, 0.05) is 24.6 Å². The number of hydrogen-bond donors (Lipinski definition) is 1. The van der Waals surface area contributed by atoms with E-state index in [-0.39, 0.29) is 18.0 Å². The molecule has 1 saturated heterocycles. The number of nitrogens with one attached hydrogen (secondary N) is 1. The molecule has 3 heterocycles. The maximum Gasteiger partial charge on any atom is 0.273 e. The van der Waals surface area contributed by atoms with Crippen LogP contribution in [0.2, 0.25) is 0 Å². The summed E-state index contributed by atoms with van der Waals surface area (Å²) in [4.78, 5) is 36.2. The number of para-hydroxylation sites is 2. The number of thioether (sulfide) groups is 1. The van der Waals surface area contributed by atoms with Gasteiger partial charge in [0.05, 0.1) is 12.8 Å². The molecule has 2 aromatic heterocycles. The zero-order chi connectivity index (χ0) is 19.5. The van der Waals surface area contributed by atoms with Gasteiger partial charge in [-0.2, -0.15) is 16.7 Å². The summed E-state index contributed by atoms with van der Waals surface area (Å²) in [7, 11) is 1.54. The number of thiazole rings is 1. The van der Waals surface area contributed by atoms with E-state index in [4.69, 9.17) is 4.74 Å². The highest BCUT2D eigenvalue weighted by molar-refractivity contribution is 7.99. The van der Waals surface area contributed by atoms with Crippen molar-refractivity contribution >= 4 is 50.2 Å². The van der Waals surface area contributed by atoms with E-state index in [0.29, 0.717) is 21.8 Å². The fraction of sp³-hybridized carbons (Fsp3) is 0.333. The quantitative estimate of drug-likeness (QED) is 0.680. The molecule has 8 nitrogen and oxygen atoms in total. The van der Waals surface area contributed by atoms with Crippen molar-refractivity contribution in [3.8, 4) is 5.75 Å². The molecule has 0 spiro atoms. The molecule has 1 amide bonds. The summed E-state index contributed by atoms with van der Waals surface area (Å²) in [5, 5.41) is 3.58. The maximum atomic E-state index is 12.8. The van der Waals surface area contributed by atoms with Crippen molar-refractivity contribution in [1.82, 2.24) is 14.5 Å². The fourth-order valence-corrected chi connectivity index (χ4v) is 4.85. The van der Waals surface area contributed by atoms with E-state index >= 15 is 0 Å². The molecule has 0 unspecified atom stereocenters. The molecule has 3 aromatic rings. The Labute approximate surface area is 169 Å². The summed E-state index contributed by atoms with van der Waals surface area (Å²) in [6.07, 6.45) is 1.38. The molecule has 1 aromatic carbocycles. The summed E-state index contributed by atoms with van der Waals surface area (Å²) in [5.41, 5.74) is 0.736. The number of nitrogens with zero attached hydrogens (tertiary/aromatic N) is 4. The van der Waals surface area contributed by atoms with Crippen molar-refractivity contribution in [2.24, 2.45) is 0 Å². The summed E-state index contributed by atoms with van der Waals surface area (Å²) >= 11 is 3.26. The zero-order valence-corrected chi connectivity index (χ0v) is 16.9. The minimum atomic E-state index is -0.328. The van der Waals surface area contributed by atoms with Crippen LogP contribution in [0, 0.1) is 0 Å². The monoisotopic (exact) mass is 417 g/mol. The van der Waals surface area contributed by atoms with Gasteiger partial charge in [-0.3, -0.25) is 14.2 Å². The Hall–Kier alpha value is -2.59. The first-order chi connectivity index (χ1) is 13.7. The first-order valence-corrected chi connectivity index (χ1v) is 10.7. The number of hydrogen-bond acceptors (Lipinski definition) is 8. The standard InChI is InChI=1S/C18H19N5O3S2/c1-26-13-5-3-2-4-12(13)20-14(24)10-23-11-19-16-15(17(23)25)28-18(21-16)22-6-8-27-9-7-22/h2-5,11H,6-10H2,1H3,(H,20,24). The van der Waals surface area contributed by atoms with E-state index in [1.807, 2.05) is 17.8 Å². The van der Waals surface area contributed by atoms with E-state index in [1.54, 1.807) is 18.2 Å². The highest BCUT2D eigenvalue weighted by Crippen LogP contribution is 2.27. The van der Waals surface area contributed by atoms with Crippen LogP contribution in [0.5, 0.6) is 5.75 Å². The molecule has 1 aliphatic heterocycles. The van der Waals surface area contributed by atoms with E-state index in [9.17, 15) is 9.59 Å². The lowest BCUT2D eigenvalue weighted by atomic mass is 10.3. The summed E-state index contributed by atoms with van der Waals surface area (Å²) < 4.78 is 7.01. The van der Waals surface area contributed by atoms with Gasteiger partial charge in [0.15, 0.2) is 10.8 Å². The highest BCUT2D eigenvalue weighted by Gasteiger charge is 2.18. The molecule has 28 heavy (non-hydrogen) atoms. The van der Waals surface area contributed by atoms with Crippen LogP contribution < -0.4 is 20.5 Å². The molecule has 146 valence electrons. The van der Waals surface area contributed by atoms with Gasteiger partial charge in [-0.15, -0.1) is 0 Å². The van der Waals surface area contributed by atoms with Crippen molar-refractivity contribution in [1.29, 1.82) is 0 Å². The van der Waals surface area contributed by atoms with E-state index in [1.165, 1.54) is 29.3 Å². The Bertz CT molecular complexity index is 1060. The van der Waals surface area contributed by atoms with Crippen molar-refractivity contribution in [3.63, 3.8) is 0 Å². The Balaban J connectivity index is 1.54. The van der Waals surface area contributed by atoms with Crippen LogP contribution in [0.25, 0.3) is 10.3 Å². The molecular formula is C18H19N5O3S2. The average molecular weight is 418 g/mol. The maximum absolute atomic E-state index is 12.8. The van der Waals surface area contributed by atoms with Crippen LogP contribution >= 0.6 is 23.1 Å². The van der Waals surface area contributed by atoms with Gasteiger partial charge in [0.25, 0.3) is 5.56 Å². The zero-order valence-electron chi connectivity index (χ0n) is 15.3. The van der Waals surface area contributed by atoms with Crippen LogP contribution in [-0.2, 0) is 11.3 Å². The summed E-state index contributed by atoms with van der Waals surface area (Å²) in [6.45, 7) is 1.70. The molecule has 10 heteroatoms. The second-order valence-electron chi connectivity index (χ2n) is 6.17. The molecule has 0 bridgehead atoms. The van der Waals surface area contributed by atoms with E-state index in [0.717, 1.165) is 29.7 Å². The number of amides is 1. The van der Waals surface area contributed by atoms with Gasteiger partial charge in [-0.1, -0.05) is 23.5 Å². The third-order valence-electron chi connectivity index (χ3n) is 4.35. The Morgan fingerprint density at radius 2 is 2.07 bits per heavy atom. The number of aromatic nitrogens is 3. The van der Waals surface area contributed by atoms with Crippen molar-refractivity contribution < 1.29 is 9.53 Å². The number of anilines is 2. The second-order valence-corrected chi connectivity index (χ2v) is 8.38. The van der Waals surface area contributed by atoms with Crippen LogP contribution in [0.3, 0.4) is 0 Å². The fourth-order valence-electron chi connectivity index (χ4n) is 2.93. The molecule has 0 radical (unpaired) electrons. The Morgan fingerprint density at radius 1 is 1.29 bits per heavy atom. The molecule has 1 fully saturated rings. The first-order valence-electron chi connectivity index (χ1n) is 8.77. The number of rotatable bonds is 5. The van der Waals surface area contributed by atoms with Gasteiger partial charge >= 0.3 is 0 Å². The van der Waals surface area contributed by atoms with Gasteiger partial charge < -0.3 is 15.0 Å². The predicted octanol–water partition coefficient (Wildman–Crippen LogP) is 2.05. The Morgan fingerprint density at radius 3 is 2.86 bits per heavy atom. The van der Waals surface area contributed by atoms with Crippen molar-refractivity contribution in [3.05, 3.63) is 40.9 Å². The van der Waals surface area contributed by atoms with Crippen molar-refractivity contribution in [2.45, 2.75) is 6.54 Å². The lowest BCUT2D eigenvalue weighted by Crippen LogP contribution is -2.32. The number of methoxy groups -OCH3 is 1. The third-order valence-corrected chi connectivity index (χ3v) is 6.38. The topological polar surface area (TPSA) is 89.3 Å². The molecule has 0 atom stereocenters. The third kappa shape index (κ3) is 3.83. The second kappa shape index (κ2) is 8.19. The predicted molar refractivity (Wildman–Crippen MR) is 113 cm³/mol. The molecule has 1 aliphatic rings. The molecule has 0 aliphatic carbocycles. The van der Waals surface area contributed by atoms with E-state index in [2.05, 4.69) is 20.2 Å². The lowest BCUT2D eigenvalue weighted by Gasteiger charge is -2.25. The SMILES string of the molecule is COc1ccccc1NC(=O)Cn1cnc2nc(N3CCSCC3)sc2c1=O. The minimum Gasteiger partial charge on any atom is -0.495 e. The van der Waals surface area contributed by atoms with E-state index < -0.39 is 0 Å². The van der Waals surface area contributed by atoms with Crippen LogP contribution in [0.15, 0.2) is 35.4 Å². The first kappa shape index (κ1) is 18.8. The molecule has 4 rings (SSSR count). The van der Waals surface area contributed by atoms with Crippen molar-refractivity contribution in [2.75, 3.05) is 41.9 Å². The average Bonchev–Trinajstić information content (AvgIpc) is 3.16. The summed E-state index contributed by atoms with van der Waals surface area (Å²) in [5.74, 6) is 2.34. The number of benzene rings is 1. The molecule has 1 N–H and O–H groups in total. The van der Waals surface area contributed by atoms with Crippen LogP contribution in [0.1, 0.15) is 0 Å². The Kier molecular flexibility index (Phi) is 5.49. The summed E-state index contributed by atoms with van der Waals surface area (Å²) in [6, 6.07) is 7.12. The molecular weight excluding hydrogens is 398 g/mol. The van der Waals surface area contributed by atoms with Gasteiger partial charge in [0.2, 0.25) is 5.91 Å². The molecule has 0 saturated carbocycles. The minimum absolute atomic E-state index is 0.132. The highest BCUT2D eigenvalue weighted by atomic mass is 32.2. The largest absolute Gasteiger partial charge is 0.495 e. The number of carbonyl (C=O) groups excluding carboxylic acids is 1. The smallest absolute Gasteiger partial charge is 0.273 e.